The van der Waals surface area contributed by atoms with Crippen LogP contribution in [0, 0.1) is 13.8 Å². The Hall–Kier alpha value is -1.57. The van der Waals surface area contributed by atoms with E-state index < -0.39 is 0 Å². The molecule has 0 unspecified atom stereocenters. The third-order valence-electron chi connectivity index (χ3n) is 2.32. The maximum absolute atomic E-state index is 11.7. The van der Waals surface area contributed by atoms with Crippen molar-refractivity contribution in [2.24, 2.45) is 0 Å². The van der Waals surface area contributed by atoms with Gasteiger partial charge in [-0.15, -0.1) is 0 Å². The summed E-state index contributed by atoms with van der Waals surface area (Å²) < 4.78 is 0. The van der Waals surface area contributed by atoms with Gasteiger partial charge in [0.25, 0.3) is 0 Å². The van der Waals surface area contributed by atoms with Gasteiger partial charge in [0.2, 0.25) is 0 Å². The van der Waals surface area contributed by atoms with Gasteiger partial charge in [0.15, 0.2) is 5.78 Å². The molecule has 0 fully saturated rings. The van der Waals surface area contributed by atoms with Crippen molar-refractivity contribution >= 4 is 5.78 Å². The monoisotopic (exact) mass is 203 g/mol. The van der Waals surface area contributed by atoms with Crippen molar-refractivity contribution in [3.63, 3.8) is 0 Å². The van der Waals surface area contributed by atoms with Gasteiger partial charge >= 0.3 is 0 Å². The molecule has 15 heavy (non-hydrogen) atoms. The van der Waals surface area contributed by atoms with Gasteiger partial charge in [-0.3, -0.25) is 4.79 Å². The molecule has 0 aliphatic rings. The van der Waals surface area contributed by atoms with Crippen molar-refractivity contribution < 1.29 is 4.79 Å². The van der Waals surface area contributed by atoms with Crippen LogP contribution >= 0.6 is 0 Å². The number of aryl methyl sites for hydroxylation is 2. The number of nitrogens with zero attached hydrogens (tertiary/aromatic N) is 1. The summed E-state index contributed by atoms with van der Waals surface area (Å²) in [6.45, 7) is 4.06. The van der Waals surface area contributed by atoms with E-state index in [1.807, 2.05) is 51.0 Å². The van der Waals surface area contributed by atoms with Gasteiger partial charge in [-0.2, -0.15) is 0 Å². The van der Waals surface area contributed by atoms with E-state index in [4.69, 9.17) is 0 Å². The Bertz CT molecular complexity index is 392. The number of allylic oxidation sites excluding steroid dienone is 1. The highest BCUT2D eigenvalue weighted by molar-refractivity contribution is 6.04. The second-order valence-electron chi connectivity index (χ2n) is 3.94. The Morgan fingerprint density at radius 2 is 1.87 bits per heavy atom. The van der Waals surface area contributed by atoms with Crippen LogP contribution in [0.25, 0.3) is 0 Å². The highest BCUT2D eigenvalue weighted by atomic mass is 16.1. The van der Waals surface area contributed by atoms with Crippen LogP contribution in [-0.2, 0) is 0 Å². The zero-order chi connectivity index (χ0) is 11.4. The highest BCUT2D eigenvalue weighted by Crippen LogP contribution is 2.10. The number of carbonyl (C=O) groups is 1. The molecule has 0 heterocycles. The highest BCUT2D eigenvalue weighted by Gasteiger charge is 2.02. The number of benzene rings is 1. The maximum atomic E-state index is 11.7. The molecular formula is C13H17NO. The Morgan fingerprint density at radius 1 is 1.20 bits per heavy atom. The maximum Gasteiger partial charge on any atom is 0.187 e. The number of hydrogen-bond donors (Lipinski definition) is 0. The number of carbonyl (C=O) groups excluding carboxylic acids is 1. The molecule has 0 saturated carbocycles. The molecule has 0 saturated heterocycles. The van der Waals surface area contributed by atoms with E-state index in [9.17, 15) is 4.79 Å². The van der Waals surface area contributed by atoms with Crippen LogP contribution in [-0.4, -0.2) is 24.8 Å². The van der Waals surface area contributed by atoms with E-state index >= 15 is 0 Å². The number of hydrogen-bond acceptors (Lipinski definition) is 2. The summed E-state index contributed by atoms with van der Waals surface area (Å²) >= 11 is 0. The van der Waals surface area contributed by atoms with E-state index in [1.165, 1.54) is 5.56 Å². The average molecular weight is 203 g/mol. The second kappa shape index (κ2) is 4.78. The molecule has 1 rings (SSSR count). The first-order valence-electron chi connectivity index (χ1n) is 4.97. The van der Waals surface area contributed by atoms with Crippen LogP contribution in [0.15, 0.2) is 30.5 Å². The predicted octanol–water partition coefficient (Wildman–Crippen LogP) is 2.56. The van der Waals surface area contributed by atoms with E-state index in [0.29, 0.717) is 0 Å². The molecule has 0 bridgehead atoms. The van der Waals surface area contributed by atoms with Gasteiger partial charge in [0.1, 0.15) is 0 Å². The lowest BCUT2D eigenvalue weighted by Gasteiger charge is -2.04. The fourth-order valence-corrected chi connectivity index (χ4v) is 1.21. The normalized spacial score (nSPS) is 10.7. The predicted molar refractivity (Wildman–Crippen MR) is 63.1 cm³/mol. The molecule has 2 nitrogen and oxygen atoms in total. The minimum absolute atomic E-state index is 0.0480. The summed E-state index contributed by atoms with van der Waals surface area (Å²) in [6, 6.07) is 5.77. The summed E-state index contributed by atoms with van der Waals surface area (Å²) in [4.78, 5) is 13.5. The number of ketones is 1. The molecule has 0 N–H and O–H groups in total. The van der Waals surface area contributed by atoms with Crippen molar-refractivity contribution in [1.82, 2.24) is 4.90 Å². The molecule has 0 aromatic heterocycles. The van der Waals surface area contributed by atoms with Crippen molar-refractivity contribution in [1.29, 1.82) is 0 Å². The molecule has 0 aliphatic heterocycles. The molecule has 2 heteroatoms. The molecule has 80 valence electrons. The minimum Gasteiger partial charge on any atom is -0.383 e. The third-order valence-corrected chi connectivity index (χ3v) is 2.32. The standard InChI is InChI=1S/C13H17NO/c1-10-5-6-12(9-11(10)2)13(15)7-8-14(3)4/h5-9H,1-4H3. The Labute approximate surface area is 91.2 Å². The van der Waals surface area contributed by atoms with E-state index in [-0.39, 0.29) is 5.78 Å². The van der Waals surface area contributed by atoms with Crippen LogP contribution < -0.4 is 0 Å². The summed E-state index contributed by atoms with van der Waals surface area (Å²) in [6.07, 6.45) is 3.35. The molecule has 0 radical (unpaired) electrons. The first kappa shape index (κ1) is 11.5. The zero-order valence-electron chi connectivity index (χ0n) is 9.74. The second-order valence-corrected chi connectivity index (χ2v) is 3.94. The molecule has 0 amide bonds. The van der Waals surface area contributed by atoms with Crippen molar-refractivity contribution in [3.05, 3.63) is 47.2 Å². The van der Waals surface area contributed by atoms with Crippen molar-refractivity contribution in [2.75, 3.05) is 14.1 Å². The van der Waals surface area contributed by atoms with Crippen LogP contribution in [0.4, 0.5) is 0 Å². The van der Waals surface area contributed by atoms with Gasteiger partial charge < -0.3 is 4.90 Å². The topological polar surface area (TPSA) is 20.3 Å². The van der Waals surface area contributed by atoms with Crippen molar-refractivity contribution in [2.45, 2.75) is 13.8 Å². The lowest BCUT2D eigenvalue weighted by atomic mass is 10.0. The molecule has 1 aromatic carbocycles. The zero-order valence-corrected chi connectivity index (χ0v) is 9.74. The quantitative estimate of drug-likeness (QED) is 0.556. The largest absolute Gasteiger partial charge is 0.383 e. The summed E-state index contributed by atoms with van der Waals surface area (Å²) in [7, 11) is 3.79. The summed E-state index contributed by atoms with van der Waals surface area (Å²) in [5, 5.41) is 0. The first-order valence-corrected chi connectivity index (χ1v) is 4.97. The molecule has 0 aliphatic carbocycles. The molecule has 0 atom stereocenters. The Morgan fingerprint density at radius 3 is 2.40 bits per heavy atom. The van der Waals surface area contributed by atoms with E-state index in [1.54, 1.807) is 12.3 Å². The lowest BCUT2D eigenvalue weighted by molar-refractivity contribution is 0.104. The average Bonchev–Trinajstić information content (AvgIpc) is 2.18. The van der Waals surface area contributed by atoms with Crippen LogP contribution in [0.2, 0.25) is 0 Å². The molecular weight excluding hydrogens is 186 g/mol. The van der Waals surface area contributed by atoms with Gasteiger partial charge in [-0.1, -0.05) is 12.1 Å². The first-order chi connectivity index (χ1) is 7.00. The van der Waals surface area contributed by atoms with Gasteiger partial charge in [-0.25, -0.2) is 0 Å². The van der Waals surface area contributed by atoms with Crippen LogP contribution in [0.3, 0.4) is 0 Å². The molecule has 0 spiro atoms. The minimum atomic E-state index is 0.0480. The Balaban J connectivity index is 2.88. The van der Waals surface area contributed by atoms with Crippen molar-refractivity contribution in [3.8, 4) is 0 Å². The molecule has 1 aromatic rings. The fraction of sp³-hybridized carbons (Fsp3) is 0.308. The smallest absolute Gasteiger partial charge is 0.187 e. The summed E-state index contributed by atoms with van der Waals surface area (Å²) in [5.74, 6) is 0.0480. The Kier molecular flexibility index (Phi) is 3.67. The van der Waals surface area contributed by atoms with Gasteiger partial charge in [0, 0.05) is 31.9 Å². The fourth-order valence-electron chi connectivity index (χ4n) is 1.21. The van der Waals surface area contributed by atoms with E-state index in [0.717, 1.165) is 11.1 Å². The lowest BCUT2D eigenvalue weighted by Crippen LogP contribution is -2.03. The van der Waals surface area contributed by atoms with Gasteiger partial charge in [0.05, 0.1) is 0 Å². The summed E-state index contributed by atoms with van der Waals surface area (Å²) in [5.41, 5.74) is 3.11. The van der Waals surface area contributed by atoms with Gasteiger partial charge in [-0.05, 0) is 31.0 Å². The number of rotatable bonds is 3. The van der Waals surface area contributed by atoms with Crippen LogP contribution in [0.1, 0.15) is 21.5 Å². The van der Waals surface area contributed by atoms with Crippen LogP contribution in [0.5, 0.6) is 0 Å². The third kappa shape index (κ3) is 3.24. The van der Waals surface area contributed by atoms with E-state index in [2.05, 4.69) is 0 Å². The SMILES string of the molecule is Cc1ccc(C(=O)C=CN(C)C)cc1C.